The molecule has 0 unspecified atom stereocenters. The van der Waals surface area contributed by atoms with E-state index in [1.807, 2.05) is 24.3 Å². The predicted octanol–water partition coefficient (Wildman–Crippen LogP) is 5.10. The molecule has 168 valence electrons. The molecule has 0 fully saturated rings. The second kappa shape index (κ2) is 8.67. The molecule has 0 spiro atoms. The number of nitrogens with zero attached hydrogens (tertiary/aromatic N) is 1. The van der Waals surface area contributed by atoms with Crippen LogP contribution in [-0.4, -0.2) is 20.3 Å². The molecule has 33 heavy (non-hydrogen) atoms. The van der Waals surface area contributed by atoms with Gasteiger partial charge in [0.15, 0.2) is 5.70 Å². The van der Waals surface area contributed by atoms with Gasteiger partial charge in [0.2, 0.25) is 5.90 Å². The molecule has 1 heterocycles. The van der Waals surface area contributed by atoms with Crippen molar-refractivity contribution in [3.63, 3.8) is 0 Å². The smallest absolute Gasteiger partial charge is 0.363 e. The molecule has 0 saturated heterocycles. The summed E-state index contributed by atoms with van der Waals surface area (Å²) in [5.41, 5.74) is 2.27. The van der Waals surface area contributed by atoms with E-state index in [0.29, 0.717) is 11.1 Å². The zero-order valence-electron chi connectivity index (χ0n) is 18.5. The highest BCUT2D eigenvalue weighted by Crippen LogP contribution is 2.28. The molecule has 0 aliphatic carbocycles. The molecule has 0 bridgehead atoms. The maximum atomic E-state index is 12.6. The van der Waals surface area contributed by atoms with Gasteiger partial charge in [-0.1, -0.05) is 69.3 Å². The third kappa shape index (κ3) is 5.04. The van der Waals surface area contributed by atoms with Crippen molar-refractivity contribution in [3.8, 4) is 5.75 Å². The molecule has 3 aromatic carbocycles. The van der Waals surface area contributed by atoms with E-state index in [2.05, 4.69) is 25.8 Å². The van der Waals surface area contributed by atoms with Gasteiger partial charge in [-0.2, -0.15) is 8.42 Å². The summed E-state index contributed by atoms with van der Waals surface area (Å²) in [5, 5.41) is 0. The molecule has 4 rings (SSSR count). The van der Waals surface area contributed by atoms with Crippen molar-refractivity contribution < 1.29 is 22.1 Å². The topological polar surface area (TPSA) is 82.0 Å². The van der Waals surface area contributed by atoms with Crippen LogP contribution in [0.25, 0.3) is 6.08 Å². The lowest BCUT2D eigenvalue weighted by Gasteiger charge is -2.18. The van der Waals surface area contributed by atoms with Crippen LogP contribution >= 0.6 is 0 Å². The minimum Gasteiger partial charge on any atom is -0.402 e. The summed E-state index contributed by atoms with van der Waals surface area (Å²) < 4.78 is 36.0. The van der Waals surface area contributed by atoms with Crippen LogP contribution in [0, 0.1) is 0 Å². The minimum absolute atomic E-state index is 0.00154. The largest absolute Gasteiger partial charge is 0.402 e. The van der Waals surface area contributed by atoms with Gasteiger partial charge < -0.3 is 8.92 Å². The zero-order valence-corrected chi connectivity index (χ0v) is 19.3. The number of para-hydroxylation sites is 1. The summed E-state index contributed by atoms with van der Waals surface area (Å²) >= 11 is 0. The first-order chi connectivity index (χ1) is 15.6. The van der Waals surface area contributed by atoms with Crippen molar-refractivity contribution in [1.29, 1.82) is 0 Å². The van der Waals surface area contributed by atoms with Crippen molar-refractivity contribution in [2.75, 3.05) is 0 Å². The number of carbonyl (C=O) groups excluding carboxylic acids is 1. The Balaban J connectivity index is 1.63. The van der Waals surface area contributed by atoms with Crippen LogP contribution in [0.15, 0.2) is 94.4 Å². The second-order valence-corrected chi connectivity index (χ2v) is 10.1. The van der Waals surface area contributed by atoms with Gasteiger partial charge in [0.1, 0.15) is 10.6 Å². The fraction of sp³-hybridized carbons (Fsp3) is 0.154. The Hall–Kier alpha value is -3.71. The first-order valence-electron chi connectivity index (χ1n) is 10.4. The highest BCUT2D eigenvalue weighted by Gasteiger charge is 2.26. The fourth-order valence-corrected chi connectivity index (χ4v) is 4.20. The van der Waals surface area contributed by atoms with E-state index in [9.17, 15) is 13.2 Å². The van der Waals surface area contributed by atoms with Gasteiger partial charge in [0.05, 0.1) is 0 Å². The monoisotopic (exact) mass is 461 g/mol. The molecular formula is C26H23NO5S. The first-order valence-corrected chi connectivity index (χ1v) is 11.8. The maximum absolute atomic E-state index is 12.6. The predicted molar refractivity (Wildman–Crippen MR) is 126 cm³/mol. The molecule has 7 heteroatoms. The first kappa shape index (κ1) is 22.5. The zero-order chi connectivity index (χ0) is 23.6. The summed E-state index contributed by atoms with van der Waals surface area (Å²) in [6.45, 7) is 6.36. The fourth-order valence-electron chi connectivity index (χ4n) is 3.22. The number of cyclic esters (lactones) is 1. The molecule has 0 N–H and O–H groups in total. The lowest BCUT2D eigenvalue weighted by atomic mass is 9.87. The number of carbonyl (C=O) groups is 1. The van der Waals surface area contributed by atoms with Crippen LogP contribution in [0.5, 0.6) is 5.75 Å². The van der Waals surface area contributed by atoms with E-state index in [1.165, 1.54) is 24.3 Å². The number of hydrogen-bond donors (Lipinski definition) is 0. The van der Waals surface area contributed by atoms with E-state index < -0.39 is 16.1 Å². The number of esters is 1. The van der Waals surface area contributed by atoms with Crippen LogP contribution in [0.1, 0.15) is 37.5 Å². The van der Waals surface area contributed by atoms with Gasteiger partial charge in [-0.05, 0) is 47.4 Å². The van der Waals surface area contributed by atoms with Crippen molar-refractivity contribution in [1.82, 2.24) is 0 Å². The SMILES string of the molecule is CC(C)(C)c1ccc(C2=NC(=Cc3ccccc3OS(=O)(=O)c3ccccc3)C(=O)O2)cc1. The normalized spacial score (nSPS) is 15.3. The Kier molecular flexibility index (Phi) is 5.91. The van der Waals surface area contributed by atoms with Crippen molar-refractivity contribution in [2.45, 2.75) is 31.1 Å². The molecule has 0 aromatic heterocycles. The molecule has 0 amide bonds. The summed E-state index contributed by atoms with van der Waals surface area (Å²) in [6, 6.07) is 22.0. The quantitative estimate of drug-likeness (QED) is 0.300. The summed E-state index contributed by atoms with van der Waals surface area (Å²) in [5.74, 6) is -0.340. The molecule has 0 atom stereocenters. The van der Waals surface area contributed by atoms with Crippen molar-refractivity contribution >= 4 is 28.1 Å². The molecular weight excluding hydrogens is 438 g/mol. The van der Waals surface area contributed by atoms with Crippen LogP contribution in [0.4, 0.5) is 0 Å². The number of ether oxygens (including phenoxy) is 1. The van der Waals surface area contributed by atoms with E-state index >= 15 is 0 Å². The Bertz CT molecular complexity index is 1350. The van der Waals surface area contributed by atoms with Gasteiger partial charge in [0.25, 0.3) is 0 Å². The summed E-state index contributed by atoms with van der Waals surface area (Å²) in [6.07, 6.45) is 1.45. The number of rotatable bonds is 5. The Morgan fingerprint density at radius 2 is 1.52 bits per heavy atom. The van der Waals surface area contributed by atoms with E-state index in [4.69, 9.17) is 8.92 Å². The van der Waals surface area contributed by atoms with E-state index in [0.717, 1.165) is 5.56 Å². The molecule has 0 radical (unpaired) electrons. The van der Waals surface area contributed by atoms with Crippen LogP contribution in [0.3, 0.4) is 0 Å². The second-order valence-electron chi connectivity index (χ2n) is 8.55. The van der Waals surface area contributed by atoms with Gasteiger partial charge in [-0.15, -0.1) is 0 Å². The Morgan fingerprint density at radius 1 is 0.879 bits per heavy atom. The summed E-state index contributed by atoms with van der Waals surface area (Å²) in [7, 11) is -4.03. The molecule has 3 aromatic rings. The third-order valence-electron chi connectivity index (χ3n) is 5.06. The minimum atomic E-state index is -4.03. The average Bonchev–Trinajstić information content (AvgIpc) is 3.15. The Labute approximate surface area is 193 Å². The van der Waals surface area contributed by atoms with Crippen LogP contribution < -0.4 is 4.18 Å². The molecule has 1 aliphatic rings. The van der Waals surface area contributed by atoms with Gasteiger partial charge in [0, 0.05) is 11.1 Å². The van der Waals surface area contributed by atoms with E-state index in [-0.39, 0.29) is 27.7 Å². The van der Waals surface area contributed by atoms with Gasteiger partial charge >= 0.3 is 16.1 Å². The number of hydrogen-bond acceptors (Lipinski definition) is 6. The van der Waals surface area contributed by atoms with Crippen LogP contribution in [-0.2, 0) is 25.1 Å². The third-order valence-corrected chi connectivity index (χ3v) is 6.31. The Morgan fingerprint density at radius 3 is 2.18 bits per heavy atom. The average molecular weight is 462 g/mol. The number of benzene rings is 3. The highest BCUT2D eigenvalue weighted by molar-refractivity contribution is 7.87. The highest BCUT2D eigenvalue weighted by atomic mass is 32.2. The standard InChI is InChI=1S/C26H23NO5S/c1-26(2,3)20-15-13-18(14-16-20)24-27-22(25(28)31-24)17-19-9-7-8-12-23(19)32-33(29,30)21-10-5-4-6-11-21/h4-17H,1-3H3. The maximum Gasteiger partial charge on any atom is 0.363 e. The molecule has 1 aliphatic heterocycles. The van der Waals surface area contributed by atoms with Gasteiger partial charge in [-0.3, -0.25) is 0 Å². The van der Waals surface area contributed by atoms with Crippen LogP contribution in [0.2, 0.25) is 0 Å². The lowest BCUT2D eigenvalue weighted by molar-refractivity contribution is -0.129. The van der Waals surface area contributed by atoms with Crippen molar-refractivity contribution in [2.24, 2.45) is 4.99 Å². The molecule has 6 nitrogen and oxygen atoms in total. The number of aliphatic imine (C=N–C) groups is 1. The summed E-state index contributed by atoms with van der Waals surface area (Å²) in [4.78, 5) is 16.8. The van der Waals surface area contributed by atoms with Crippen molar-refractivity contribution in [3.05, 3.63) is 101 Å². The van der Waals surface area contributed by atoms with Gasteiger partial charge in [-0.25, -0.2) is 9.79 Å². The lowest BCUT2D eigenvalue weighted by Crippen LogP contribution is -2.11. The van der Waals surface area contributed by atoms with E-state index in [1.54, 1.807) is 36.4 Å². The molecule has 0 saturated carbocycles.